The molecule has 1 saturated carbocycles. The number of benzene rings is 1. The lowest BCUT2D eigenvalue weighted by Gasteiger charge is -2.09. The number of halogens is 1. The van der Waals surface area contributed by atoms with Crippen molar-refractivity contribution in [2.75, 3.05) is 13.1 Å². The summed E-state index contributed by atoms with van der Waals surface area (Å²) in [5, 5.41) is 8.09. The van der Waals surface area contributed by atoms with E-state index in [4.69, 9.17) is 0 Å². The number of aromatic amines is 1. The zero-order chi connectivity index (χ0) is 14.7. The van der Waals surface area contributed by atoms with Crippen LogP contribution in [0.2, 0.25) is 0 Å². The number of aliphatic imine (C=N–C) groups is 1. The standard InChI is InChI=1S/C17H24N4.HI/c1-3-18-17(21-14-7-8-14)19-10-9-13-11-20-16-12(2)5-4-6-15(13)16;/h4-6,11,14,20H,3,7-10H2,1-2H3,(H2,18,19,21);1H. The lowest BCUT2D eigenvalue weighted by atomic mass is 10.1. The van der Waals surface area contributed by atoms with Crippen LogP contribution in [0.4, 0.5) is 0 Å². The molecule has 1 heterocycles. The normalized spacial score (nSPS) is 14.7. The van der Waals surface area contributed by atoms with Gasteiger partial charge in [-0.1, -0.05) is 18.2 Å². The van der Waals surface area contributed by atoms with Crippen LogP contribution in [0, 0.1) is 6.92 Å². The van der Waals surface area contributed by atoms with E-state index in [1.165, 1.54) is 34.9 Å². The van der Waals surface area contributed by atoms with Crippen molar-refractivity contribution in [3.63, 3.8) is 0 Å². The molecule has 4 nitrogen and oxygen atoms in total. The fourth-order valence-corrected chi connectivity index (χ4v) is 2.60. The van der Waals surface area contributed by atoms with Crippen molar-refractivity contribution in [2.24, 2.45) is 4.99 Å². The molecule has 0 bridgehead atoms. The summed E-state index contributed by atoms with van der Waals surface area (Å²) in [6.07, 6.45) is 5.62. The Hall–Kier alpha value is -1.24. The van der Waals surface area contributed by atoms with Gasteiger partial charge in [0.15, 0.2) is 5.96 Å². The molecule has 1 aromatic carbocycles. The lowest BCUT2D eigenvalue weighted by Crippen LogP contribution is -2.38. The van der Waals surface area contributed by atoms with Crippen molar-refractivity contribution in [2.45, 2.75) is 39.2 Å². The number of aryl methyl sites for hydroxylation is 1. The van der Waals surface area contributed by atoms with Crippen LogP contribution < -0.4 is 10.6 Å². The third kappa shape index (κ3) is 4.15. The summed E-state index contributed by atoms with van der Waals surface area (Å²) in [4.78, 5) is 8.06. The molecular formula is C17H25IN4. The Labute approximate surface area is 149 Å². The van der Waals surface area contributed by atoms with Gasteiger partial charge in [-0.05, 0) is 44.2 Å². The van der Waals surface area contributed by atoms with Gasteiger partial charge in [-0.25, -0.2) is 0 Å². The van der Waals surface area contributed by atoms with Crippen LogP contribution in [-0.2, 0) is 6.42 Å². The Balaban J connectivity index is 0.00000176. The van der Waals surface area contributed by atoms with Crippen LogP contribution in [0.15, 0.2) is 29.4 Å². The van der Waals surface area contributed by atoms with Crippen LogP contribution >= 0.6 is 24.0 Å². The second-order valence-corrected chi connectivity index (χ2v) is 5.74. The molecule has 3 N–H and O–H groups in total. The largest absolute Gasteiger partial charge is 0.361 e. The summed E-state index contributed by atoms with van der Waals surface area (Å²) in [5.41, 5.74) is 3.89. The maximum absolute atomic E-state index is 4.68. The fourth-order valence-electron chi connectivity index (χ4n) is 2.60. The molecule has 0 radical (unpaired) electrons. The molecule has 1 aliphatic carbocycles. The average Bonchev–Trinajstić information content (AvgIpc) is 3.19. The van der Waals surface area contributed by atoms with Crippen LogP contribution in [0.3, 0.4) is 0 Å². The van der Waals surface area contributed by atoms with E-state index in [2.05, 4.69) is 58.9 Å². The van der Waals surface area contributed by atoms with Gasteiger partial charge >= 0.3 is 0 Å². The maximum atomic E-state index is 4.68. The quantitative estimate of drug-likeness (QED) is 0.401. The van der Waals surface area contributed by atoms with E-state index >= 15 is 0 Å². The Bertz CT molecular complexity index is 643. The van der Waals surface area contributed by atoms with E-state index in [0.717, 1.165) is 25.5 Å². The van der Waals surface area contributed by atoms with Crippen LogP contribution in [-0.4, -0.2) is 30.1 Å². The number of guanidine groups is 1. The lowest BCUT2D eigenvalue weighted by molar-refractivity contribution is 0.809. The maximum Gasteiger partial charge on any atom is 0.191 e. The number of H-pyrrole nitrogens is 1. The molecule has 0 amide bonds. The minimum Gasteiger partial charge on any atom is -0.361 e. The first-order chi connectivity index (χ1) is 10.3. The molecule has 0 atom stereocenters. The molecule has 0 spiro atoms. The van der Waals surface area contributed by atoms with Crippen molar-refractivity contribution in [3.8, 4) is 0 Å². The first-order valence-electron chi connectivity index (χ1n) is 7.88. The van der Waals surface area contributed by atoms with Gasteiger partial charge in [-0.3, -0.25) is 4.99 Å². The molecule has 0 aliphatic heterocycles. The van der Waals surface area contributed by atoms with Crippen molar-refractivity contribution in [3.05, 3.63) is 35.5 Å². The summed E-state index contributed by atoms with van der Waals surface area (Å²) in [6.45, 7) is 5.96. The molecule has 0 saturated heterocycles. The van der Waals surface area contributed by atoms with Crippen molar-refractivity contribution >= 4 is 40.8 Å². The SMILES string of the molecule is CCNC(=NCCc1c[nH]c2c(C)cccc12)NC1CC1.I. The van der Waals surface area contributed by atoms with Crippen LogP contribution in [0.1, 0.15) is 30.9 Å². The minimum atomic E-state index is 0. The third-order valence-corrected chi connectivity index (χ3v) is 3.92. The van der Waals surface area contributed by atoms with Crippen molar-refractivity contribution in [1.82, 2.24) is 15.6 Å². The Morgan fingerprint density at radius 3 is 2.91 bits per heavy atom. The number of rotatable bonds is 5. The van der Waals surface area contributed by atoms with Crippen LogP contribution in [0.25, 0.3) is 10.9 Å². The van der Waals surface area contributed by atoms with Gasteiger partial charge < -0.3 is 15.6 Å². The molecule has 22 heavy (non-hydrogen) atoms. The first kappa shape index (κ1) is 17.1. The summed E-state index contributed by atoms with van der Waals surface area (Å²) in [7, 11) is 0. The zero-order valence-corrected chi connectivity index (χ0v) is 15.6. The Kier molecular flexibility index (Phi) is 6.11. The molecule has 1 aliphatic rings. The Morgan fingerprint density at radius 1 is 1.36 bits per heavy atom. The molecule has 1 aromatic heterocycles. The van der Waals surface area contributed by atoms with E-state index in [0.29, 0.717) is 6.04 Å². The minimum absolute atomic E-state index is 0. The second kappa shape index (κ2) is 7.85. The zero-order valence-electron chi connectivity index (χ0n) is 13.3. The van der Waals surface area contributed by atoms with Gasteiger partial charge in [0.2, 0.25) is 0 Å². The highest BCUT2D eigenvalue weighted by molar-refractivity contribution is 14.0. The van der Waals surface area contributed by atoms with E-state index in [1.54, 1.807) is 0 Å². The van der Waals surface area contributed by atoms with Gasteiger partial charge in [0.25, 0.3) is 0 Å². The Morgan fingerprint density at radius 2 is 2.18 bits per heavy atom. The van der Waals surface area contributed by atoms with E-state index in [1.807, 2.05) is 0 Å². The van der Waals surface area contributed by atoms with E-state index < -0.39 is 0 Å². The second-order valence-electron chi connectivity index (χ2n) is 5.74. The van der Waals surface area contributed by atoms with E-state index in [-0.39, 0.29) is 24.0 Å². The summed E-state index contributed by atoms with van der Waals surface area (Å²) >= 11 is 0. The molecule has 1 fully saturated rings. The molecule has 5 heteroatoms. The third-order valence-electron chi connectivity index (χ3n) is 3.92. The predicted octanol–water partition coefficient (Wildman–Crippen LogP) is 3.35. The number of nitrogens with zero attached hydrogens (tertiary/aromatic N) is 1. The number of fused-ring (bicyclic) bond motifs is 1. The molecular weight excluding hydrogens is 387 g/mol. The van der Waals surface area contributed by atoms with Gasteiger partial charge in [-0.2, -0.15) is 0 Å². The monoisotopic (exact) mass is 412 g/mol. The molecule has 0 unspecified atom stereocenters. The van der Waals surface area contributed by atoms with Gasteiger partial charge in [-0.15, -0.1) is 24.0 Å². The fraction of sp³-hybridized carbons (Fsp3) is 0.471. The molecule has 3 rings (SSSR count). The van der Waals surface area contributed by atoms with Crippen LogP contribution in [0.5, 0.6) is 0 Å². The van der Waals surface area contributed by atoms with E-state index in [9.17, 15) is 0 Å². The summed E-state index contributed by atoms with van der Waals surface area (Å²) in [5.74, 6) is 0.955. The van der Waals surface area contributed by atoms with Gasteiger partial charge in [0, 0.05) is 36.2 Å². The van der Waals surface area contributed by atoms with Gasteiger partial charge in [0.05, 0.1) is 0 Å². The van der Waals surface area contributed by atoms with Crippen molar-refractivity contribution in [1.29, 1.82) is 0 Å². The average molecular weight is 412 g/mol. The van der Waals surface area contributed by atoms with Crippen molar-refractivity contribution < 1.29 is 0 Å². The molecule has 120 valence electrons. The van der Waals surface area contributed by atoms with Gasteiger partial charge in [0.1, 0.15) is 0 Å². The number of nitrogens with one attached hydrogen (secondary N) is 3. The summed E-state index contributed by atoms with van der Waals surface area (Å²) < 4.78 is 0. The smallest absolute Gasteiger partial charge is 0.191 e. The summed E-state index contributed by atoms with van der Waals surface area (Å²) in [6, 6.07) is 7.09. The number of aromatic nitrogens is 1. The highest BCUT2D eigenvalue weighted by Crippen LogP contribution is 2.21. The number of hydrogen-bond donors (Lipinski definition) is 3. The highest BCUT2D eigenvalue weighted by atomic mass is 127. The molecule has 2 aromatic rings. The number of para-hydroxylation sites is 1. The number of hydrogen-bond acceptors (Lipinski definition) is 1. The predicted molar refractivity (Wildman–Crippen MR) is 104 cm³/mol. The highest BCUT2D eigenvalue weighted by Gasteiger charge is 2.21. The first-order valence-corrected chi connectivity index (χ1v) is 7.88. The topological polar surface area (TPSA) is 52.2 Å².